The molecule has 2 aliphatic rings. The number of amides is 1. The minimum absolute atomic E-state index is 0.203. The van der Waals surface area contributed by atoms with Crippen molar-refractivity contribution < 1.29 is 13.6 Å². The lowest BCUT2D eigenvalue weighted by atomic mass is 10.1. The number of hydrogen-bond acceptors (Lipinski definition) is 3. The number of fused-ring (bicyclic) bond motifs is 1. The Balaban J connectivity index is 1.65. The monoisotopic (exact) mass is 334 g/mol. The summed E-state index contributed by atoms with van der Waals surface area (Å²) in [6, 6.07) is 2.11. The maximum atomic E-state index is 13.8. The standard InChI is InChI=1S/C17H16F2N2OS/c1-9-16(23-15(20-9)6-10-2-3-10)17(22)21-5-4-12-13(19)7-11(18)8-14(12)21/h7-8,10H,2-6H2,1H3. The maximum Gasteiger partial charge on any atom is 0.270 e. The highest BCUT2D eigenvalue weighted by molar-refractivity contribution is 7.14. The summed E-state index contributed by atoms with van der Waals surface area (Å²) in [5.41, 5.74) is 1.48. The van der Waals surface area contributed by atoms with Crippen LogP contribution in [0.2, 0.25) is 0 Å². The summed E-state index contributed by atoms with van der Waals surface area (Å²) in [4.78, 5) is 19.4. The van der Waals surface area contributed by atoms with E-state index in [2.05, 4.69) is 4.98 Å². The molecule has 2 heterocycles. The molecule has 3 nitrogen and oxygen atoms in total. The second-order valence-electron chi connectivity index (χ2n) is 6.26. The molecule has 120 valence electrons. The Bertz CT molecular complexity index is 798. The highest BCUT2D eigenvalue weighted by atomic mass is 32.1. The first-order valence-electron chi connectivity index (χ1n) is 7.79. The van der Waals surface area contributed by atoms with Crippen LogP contribution in [0.3, 0.4) is 0 Å². The van der Waals surface area contributed by atoms with Crippen LogP contribution in [0.4, 0.5) is 14.5 Å². The molecule has 0 atom stereocenters. The molecule has 6 heteroatoms. The van der Waals surface area contributed by atoms with Crippen LogP contribution in [0.1, 0.15) is 38.8 Å². The lowest BCUT2D eigenvalue weighted by Gasteiger charge is -2.16. The number of hydrogen-bond donors (Lipinski definition) is 0. The number of carbonyl (C=O) groups is 1. The number of halogens is 2. The van der Waals surface area contributed by atoms with Crippen LogP contribution in [0.5, 0.6) is 0 Å². The van der Waals surface area contributed by atoms with E-state index in [0.29, 0.717) is 40.7 Å². The van der Waals surface area contributed by atoms with Crippen molar-refractivity contribution >= 4 is 22.9 Å². The van der Waals surface area contributed by atoms with E-state index in [1.807, 2.05) is 6.92 Å². The van der Waals surface area contributed by atoms with Crippen molar-refractivity contribution in [2.24, 2.45) is 5.92 Å². The van der Waals surface area contributed by atoms with Crippen molar-refractivity contribution in [3.63, 3.8) is 0 Å². The van der Waals surface area contributed by atoms with Crippen LogP contribution in [0, 0.1) is 24.5 Å². The van der Waals surface area contributed by atoms with E-state index in [9.17, 15) is 13.6 Å². The van der Waals surface area contributed by atoms with Gasteiger partial charge in [-0.1, -0.05) is 0 Å². The van der Waals surface area contributed by atoms with Crippen molar-refractivity contribution in [2.75, 3.05) is 11.4 Å². The quantitative estimate of drug-likeness (QED) is 0.853. The summed E-state index contributed by atoms with van der Waals surface area (Å²) >= 11 is 1.42. The number of thiazole rings is 1. The van der Waals surface area contributed by atoms with E-state index >= 15 is 0 Å². The van der Waals surface area contributed by atoms with Gasteiger partial charge < -0.3 is 4.90 Å². The van der Waals surface area contributed by atoms with Gasteiger partial charge in [-0.25, -0.2) is 13.8 Å². The number of anilines is 1. The van der Waals surface area contributed by atoms with Crippen LogP contribution in [0.25, 0.3) is 0 Å². The molecule has 2 aromatic rings. The fourth-order valence-corrected chi connectivity index (χ4v) is 4.19. The number of rotatable bonds is 3. The highest BCUT2D eigenvalue weighted by Gasteiger charge is 2.31. The Kier molecular flexibility index (Phi) is 3.44. The molecule has 1 saturated carbocycles. The normalized spacial score (nSPS) is 16.7. The van der Waals surface area contributed by atoms with Gasteiger partial charge in [-0.2, -0.15) is 0 Å². The number of aromatic nitrogens is 1. The van der Waals surface area contributed by atoms with E-state index in [0.717, 1.165) is 17.5 Å². The first-order chi connectivity index (χ1) is 11.0. The fourth-order valence-electron chi connectivity index (χ4n) is 3.06. The van der Waals surface area contributed by atoms with Gasteiger partial charge in [0.1, 0.15) is 16.5 Å². The summed E-state index contributed by atoms with van der Waals surface area (Å²) in [5, 5.41) is 0.984. The van der Waals surface area contributed by atoms with E-state index in [1.54, 1.807) is 0 Å². The van der Waals surface area contributed by atoms with E-state index in [4.69, 9.17) is 0 Å². The number of nitrogens with zero attached hydrogens (tertiary/aromatic N) is 2. The number of carbonyl (C=O) groups excluding carboxylic acids is 1. The van der Waals surface area contributed by atoms with Crippen molar-refractivity contribution in [3.05, 3.63) is 44.9 Å². The van der Waals surface area contributed by atoms with Crippen LogP contribution < -0.4 is 4.90 Å². The molecule has 0 N–H and O–H groups in total. The largest absolute Gasteiger partial charge is 0.307 e. The number of benzene rings is 1. The Morgan fingerprint density at radius 2 is 2.17 bits per heavy atom. The zero-order valence-corrected chi connectivity index (χ0v) is 13.6. The van der Waals surface area contributed by atoms with Crippen molar-refractivity contribution in [1.29, 1.82) is 0 Å². The third-order valence-corrected chi connectivity index (χ3v) is 5.62. The number of aryl methyl sites for hydroxylation is 1. The lowest BCUT2D eigenvalue weighted by Crippen LogP contribution is -2.28. The summed E-state index contributed by atoms with van der Waals surface area (Å²) in [7, 11) is 0. The summed E-state index contributed by atoms with van der Waals surface area (Å²) in [6.45, 7) is 2.20. The minimum Gasteiger partial charge on any atom is -0.307 e. The Morgan fingerprint density at radius 1 is 1.39 bits per heavy atom. The molecule has 0 spiro atoms. The molecule has 1 aliphatic carbocycles. The van der Waals surface area contributed by atoms with Gasteiger partial charge in [-0.3, -0.25) is 4.79 Å². The molecule has 0 bridgehead atoms. The second kappa shape index (κ2) is 5.37. The van der Waals surface area contributed by atoms with Gasteiger partial charge in [0.05, 0.1) is 16.4 Å². The van der Waals surface area contributed by atoms with Gasteiger partial charge in [0.2, 0.25) is 0 Å². The van der Waals surface area contributed by atoms with Crippen LogP contribution in [0.15, 0.2) is 12.1 Å². The topological polar surface area (TPSA) is 33.2 Å². The highest BCUT2D eigenvalue weighted by Crippen LogP contribution is 2.36. The van der Waals surface area contributed by atoms with Crippen molar-refractivity contribution in [3.8, 4) is 0 Å². The first kappa shape index (κ1) is 14.8. The molecule has 0 saturated heterocycles. The molecule has 1 fully saturated rings. The molecule has 1 aromatic heterocycles. The molecule has 0 unspecified atom stereocenters. The zero-order valence-electron chi connectivity index (χ0n) is 12.7. The van der Waals surface area contributed by atoms with Gasteiger partial charge in [0.15, 0.2) is 0 Å². The Morgan fingerprint density at radius 3 is 2.91 bits per heavy atom. The zero-order chi connectivity index (χ0) is 16.1. The maximum absolute atomic E-state index is 13.8. The Hall–Kier alpha value is -1.82. The predicted octanol–water partition coefficient (Wildman–Crippen LogP) is 3.89. The Labute approximate surface area is 137 Å². The summed E-state index contributed by atoms with van der Waals surface area (Å²) < 4.78 is 27.3. The second-order valence-corrected chi connectivity index (χ2v) is 7.35. The minimum atomic E-state index is -0.656. The average molecular weight is 334 g/mol. The molecule has 4 rings (SSSR count). The van der Waals surface area contributed by atoms with Gasteiger partial charge in [-0.15, -0.1) is 11.3 Å². The van der Waals surface area contributed by atoms with Gasteiger partial charge in [-0.05, 0) is 38.2 Å². The van der Waals surface area contributed by atoms with Crippen LogP contribution in [-0.2, 0) is 12.8 Å². The van der Waals surface area contributed by atoms with Gasteiger partial charge >= 0.3 is 0 Å². The predicted molar refractivity (Wildman–Crippen MR) is 85.0 cm³/mol. The molecular formula is C17H16F2N2OS. The van der Waals surface area contributed by atoms with Gasteiger partial charge in [0, 0.05) is 24.6 Å². The van der Waals surface area contributed by atoms with Crippen LogP contribution >= 0.6 is 11.3 Å². The third kappa shape index (κ3) is 2.65. The average Bonchev–Trinajstić information content (AvgIpc) is 3.07. The molecular weight excluding hydrogens is 318 g/mol. The van der Waals surface area contributed by atoms with E-state index < -0.39 is 11.6 Å². The smallest absolute Gasteiger partial charge is 0.270 e. The van der Waals surface area contributed by atoms with E-state index in [-0.39, 0.29) is 5.91 Å². The molecule has 1 amide bonds. The summed E-state index contributed by atoms with van der Waals surface area (Å²) in [5.74, 6) is -0.729. The molecule has 23 heavy (non-hydrogen) atoms. The van der Waals surface area contributed by atoms with Crippen LogP contribution in [-0.4, -0.2) is 17.4 Å². The summed E-state index contributed by atoms with van der Waals surface area (Å²) in [6.07, 6.45) is 3.82. The van der Waals surface area contributed by atoms with Gasteiger partial charge in [0.25, 0.3) is 5.91 Å². The van der Waals surface area contributed by atoms with Crippen molar-refractivity contribution in [2.45, 2.75) is 32.6 Å². The molecule has 1 aromatic carbocycles. The van der Waals surface area contributed by atoms with Crippen molar-refractivity contribution in [1.82, 2.24) is 4.98 Å². The first-order valence-corrected chi connectivity index (χ1v) is 8.60. The van der Waals surface area contributed by atoms with E-state index in [1.165, 1.54) is 35.1 Å². The molecule has 1 aliphatic heterocycles. The SMILES string of the molecule is Cc1nc(CC2CC2)sc1C(=O)N1CCc2c(F)cc(F)cc21. The molecule has 0 radical (unpaired) electrons. The fraction of sp³-hybridized carbons (Fsp3) is 0.412. The lowest BCUT2D eigenvalue weighted by molar-refractivity contribution is 0.0992. The third-order valence-electron chi connectivity index (χ3n) is 4.45.